The molecule has 0 bridgehead atoms. The van der Waals surface area contributed by atoms with Crippen LogP contribution in [0.25, 0.3) is 0 Å². The van der Waals surface area contributed by atoms with Crippen LogP contribution < -0.4 is 5.73 Å². The fraction of sp³-hybridized carbons (Fsp3) is 0.636. The normalized spacial score (nSPS) is 14.4. The maximum absolute atomic E-state index is 12.1. The molecular weight excluding hydrogens is 238 g/mol. The first-order chi connectivity index (χ1) is 7.97. The Kier molecular flexibility index (Phi) is 5.04. The maximum atomic E-state index is 12.1. The Labute approximate surface area is 106 Å². The van der Waals surface area contributed by atoms with Gasteiger partial charge in [0, 0.05) is 19.5 Å². The van der Waals surface area contributed by atoms with Crippen LogP contribution in [0, 0.1) is 0 Å². The summed E-state index contributed by atoms with van der Waals surface area (Å²) in [6.45, 7) is 4.29. The van der Waals surface area contributed by atoms with Crippen molar-refractivity contribution in [2.75, 3.05) is 20.8 Å². The molecule has 0 saturated carbocycles. The van der Waals surface area contributed by atoms with Gasteiger partial charge >= 0.3 is 0 Å². The smallest absolute Gasteiger partial charge is 0.273 e. The zero-order valence-corrected chi connectivity index (χ0v) is 11.5. The molecule has 0 fully saturated rings. The molecule has 2 N–H and O–H groups in total. The van der Waals surface area contributed by atoms with E-state index in [9.17, 15) is 4.79 Å². The largest absolute Gasteiger partial charge is 0.383 e. The highest BCUT2D eigenvalue weighted by molar-refractivity contribution is 7.09. The average Bonchev–Trinajstić information content (AvgIpc) is 2.76. The Morgan fingerprint density at radius 1 is 1.65 bits per heavy atom. The van der Waals surface area contributed by atoms with Gasteiger partial charge in [0.25, 0.3) is 5.91 Å². The minimum Gasteiger partial charge on any atom is -0.383 e. The Morgan fingerprint density at radius 2 is 2.29 bits per heavy atom. The molecule has 1 heterocycles. The number of nitrogens with zero attached hydrogens (tertiary/aromatic N) is 2. The van der Waals surface area contributed by atoms with Gasteiger partial charge in [-0.25, -0.2) is 4.98 Å². The highest BCUT2D eigenvalue weighted by atomic mass is 32.1. The van der Waals surface area contributed by atoms with Crippen molar-refractivity contribution in [3.05, 3.63) is 16.1 Å². The predicted octanol–water partition coefficient (Wildman–Crippen LogP) is 1.27. The van der Waals surface area contributed by atoms with Crippen molar-refractivity contribution in [1.82, 2.24) is 9.88 Å². The van der Waals surface area contributed by atoms with Gasteiger partial charge in [-0.2, -0.15) is 0 Å². The summed E-state index contributed by atoms with van der Waals surface area (Å²) >= 11 is 1.41. The number of amides is 1. The molecular formula is C11H19N3O2S. The van der Waals surface area contributed by atoms with Crippen molar-refractivity contribution in [1.29, 1.82) is 0 Å². The molecule has 96 valence electrons. The summed E-state index contributed by atoms with van der Waals surface area (Å²) in [7, 11) is 3.36. The van der Waals surface area contributed by atoms with Crippen LogP contribution >= 0.6 is 11.3 Å². The Hall–Kier alpha value is -0.980. The molecule has 1 aromatic heterocycles. The van der Waals surface area contributed by atoms with E-state index in [2.05, 4.69) is 4.98 Å². The topological polar surface area (TPSA) is 68.5 Å². The van der Waals surface area contributed by atoms with Crippen LogP contribution in [0.1, 0.15) is 35.4 Å². The van der Waals surface area contributed by atoms with Crippen molar-refractivity contribution in [2.45, 2.75) is 25.9 Å². The van der Waals surface area contributed by atoms with Crippen LogP contribution in [0.3, 0.4) is 0 Å². The lowest BCUT2D eigenvalue weighted by atomic mass is 10.3. The number of hydrogen-bond acceptors (Lipinski definition) is 5. The molecule has 0 radical (unpaired) electrons. The quantitative estimate of drug-likeness (QED) is 0.862. The van der Waals surface area contributed by atoms with Gasteiger partial charge in [-0.15, -0.1) is 11.3 Å². The fourth-order valence-electron chi connectivity index (χ4n) is 1.33. The lowest BCUT2D eigenvalue weighted by Crippen LogP contribution is -2.38. The number of rotatable bonds is 5. The van der Waals surface area contributed by atoms with Gasteiger partial charge < -0.3 is 15.4 Å². The number of nitrogens with two attached hydrogens (primary N) is 1. The molecule has 6 heteroatoms. The summed E-state index contributed by atoms with van der Waals surface area (Å²) in [4.78, 5) is 17.9. The van der Waals surface area contributed by atoms with Crippen LogP contribution in [0.5, 0.6) is 0 Å². The minimum atomic E-state index is -0.136. The number of carbonyl (C=O) groups excluding carboxylic acids is 1. The van der Waals surface area contributed by atoms with Gasteiger partial charge in [0.2, 0.25) is 0 Å². The molecule has 1 amide bonds. The summed E-state index contributed by atoms with van der Waals surface area (Å²) in [5.41, 5.74) is 6.17. The number of thiazole rings is 1. The first kappa shape index (κ1) is 14.1. The van der Waals surface area contributed by atoms with Gasteiger partial charge in [-0.1, -0.05) is 0 Å². The second kappa shape index (κ2) is 6.09. The molecule has 0 aromatic carbocycles. The molecule has 0 aliphatic rings. The third-order valence-corrected chi connectivity index (χ3v) is 3.57. The summed E-state index contributed by atoms with van der Waals surface area (Å²) in [6.07, 6.45) is 0. The summed E-state index contributed by atoms with van der Waals surface area (Å²) in [5, 5.41) is 2.53. The van der Waals surface area contributed by atoms with Gasteiger partial charge in [-0.3, -0.25) is 4.79 Å². The van der Waals surface area contributed by atoms with Gasteiger partial charge in [0.1, 0.15) is 10.7 Å². The third-order valence-electron chi connectivity index (χ3n) is 2.52. The summed E-state index contributed by atoms with van der Waals surface area (Å²) in [5.74, 6) is -0.0994. The van der Waals surface area contributed by atoms with Gasteiger partial charge in [0.05, 0.1) is 18.7 Å². The predicted molar refractivity (Wildman–Crippen MR) is 68.1 cm³/mol. The van der Waals surface area contributed by atoms with E-state index >= 15 is 0 Å². The van der Waals surface area contributed by atoms with Crippen LogP contribution in [-0.4, -0.2) is 42.6 Å². The molecule has 0 aliphatic carbocycles. The van der Waals surface area contributed by atoms with E-state index in [0.717, 1.165) is 5.01 Å². The molecule has 17 heavy (non-hydrogen) atoms. The monoisotopic (exact) mass is 257 g/mol. The molecule has 2 unspecified atom stereocenters. The number of methoxy groups -OCH3 is 1. The van der Waals surface area contributed by atoms with Crippen molar-refractivity contribution in [3.8, 4) is 0 Å². The van der Waals surface area contributed by atoms with E-state index in [4.69, 9.17) is 10.5 Å². The Bertz CT molecular complexity index is 379. The first-order valence-corrected chi connectivity index (χ1v) is 6.32. The lowest BCUT2D eigenvalue weighted by molar-refractivity contribution is 0.0628. The molecule has 5 nitrogen and oxygen atoms in total. The van der Waals surface area contributed by atoms with Crippen LogP contribution in [-0.2, 0) is 4.74 Å². The van der Waals surface area contributed by atoms with E-state index < -0.39 is 0 Å². The lowest BCUT2D eigenvalue weighted by Gasteiger charge is -2.23. The number of likely N-dealkylation sites (N-methyl/N-ethyl adjacent to an activating group) is 1. The van der Waals surface area contributed by atoms with E-state index in [1.807, 2.05) is 13.8 Å². The molecule has 0 saturated heterocycles. The van der Waals surface area contributed by atoms with Gasteiger partial charge in [-0.05, 0) is 13.8 Å². The van der Waals surface area contributed by atoms with Crippen molar-refractivity contribution < 1.29 is 9.53 Å². The standard InChI is InChI=1S/C11H19N3O2S/c1-7(5-16-4)14(3)11(15)9-6-17-10(13-9)8(2)12/h6-8H,5,12H2,1-4H3. The van der Waals surface area contributed by atoms with Crippen molar-refractivity contribution in [2.24, 2.45) is 5.73 Å². The zero-order valence-electron chi connectivity index (χ0n) is 10.6. The number of carbonyl (C=O) groups is 1. The number of aromatic nitrogens is 1. The number of ether oxygens (including phenoxy) is 1. The van der Waals surface area contributed by atoms with E-state index in [-0.39, 0.29) is 18.0 Å². The highest BCUT2D eigenvalue weighted by Crippen LogP contribution is 2.17. The molecule has 1 aromatic rings. The highest BCUT2D eigenvalue weighted by Gasteiger charge is 2.20. The van der Waals surface area contributed by atoms with E-state index in [1.165, 1.54) is 11.3 Å². The Balaban J connectivity index is 2.74. The third kappa shape index (κ3) is 3.49. The van der Waals surface area contributed by atoms with Crippen LogP contribution in [0.4, 0.5) is 0 Å². The van der Waals surface area contributed by atoms with Gasteiger partial charge in [0.15, 0.2) is 0 Å². The maximum Gasteiger partial charge on any atom is 0.273 e. The first-order valence-electron chi connectivity index (χ1n) is 5.44. The minimum absolute atomic E-state index is 0.0212. The average molecular weight is 257 g/mol. The van der Waals surface area contributed by atoms with Crippen molar-refractivity contribution >= 4 is 17.2 Å². The summed E-state index contributed by atoms with van der Waals surface area (Å²) < 4.78 is 5.02. The van der Waals surface area contributed by atoms with Crippen LogP contribution in [0.15, 0.2) is 5.38 Å². The van der Waals surface area contributed by atoms with E-state index in [0.29, 0.717) is 12.3 Å². The number of hydrogen-bond donors (Lipinski definition) is 1. The van der Waals surface area contributed by atoms with Crippen LogP contribution in [0.2, 0.25) is 0 Å². The van der Waals surface area contributed by atoms with E-state index in [1.54, 1.807) is 24.4 Å². The molecule has 0 spiro atoms. The summed E-state index contributed by atoms with van der Waals surface area (Å²) in [6, 6.07) is -0.115. The fourth-order valence-corrected chi connectivity index (χ4v) is 2.08. The molecule has 0 aliphatic heterocycles. The zero-order chi connectivity index (χ0) is 13.0. The second-order valence-electron chi connectivity index (χ2n) is 4.08. The molecule has 2 atom stereocenters. The van der Waals surface area contributed by atoms with Crippen molar-refractivity contribution in [3.63, 3.8) is 0 Å². The SMILES string of the molecule is COCC(C)N(C)C(=O)c1csc(C(C)N)n1. The molecule has 1 rings (SSSR count). The Morgan fingerprint density at radius 3 is 2.76 bits per heavy atom. The second-order valence-corrected chi connectivity index (χ2v) is 4.97.